The van der Waals surface area contributed by atoms with E-state index in [1.807, 2.05) is 40.9 Å². The second kappa shape index (κ2) is 7.91. The van der Waals surface area contributed by atoms with E-state index in [4.69, 9.17) is 16.3 Å². The third-order valence-electron chi connectivity index (χ3n) is 3.95. The van der Waals surface area contributed by atoms with Crippen molar-refractivity contribution >= 4 is 29.3 Å². The largest absolute Gasteiger partial charge is 0.369 e. The molecule has 0 radical (unpaired) electrons. The molecule has 23 heavy (non-hydrogen) atoms. The highest BCUT2D eigenvalue weighted by Crippen LogP contribution is 2.32. The standard InChI is InChI=1S/C18H26ClNO2S/c1-5-15(12-23-18(2,3)4)20-16(10-22-11-17(20)21)13-6-8-14(19)9-7-13/h6-9,15-16H,5,10-12H2,1-4H3/t15-,16-/m0/s1. The van der Waals surface area contributed by atoms with Crippen LogP contribution in [0.3, 0.4) is 0 Å². The first kappa shape index (κ1) is 18.6. The smallest absolute Gasteiger partial charge is 0.249 e. The number of hydrogen-bond donors (Lipinski definition) is 0. The lowest BCUT2D eigenvalue weighted by Gasteiger charge is -2.41. The molecular weight excluding hydrogens is 330 g/mol. The van der Waals surface area contributed by atoms with Crippen LogP contribution in [0, 0.1) is 0 Å². The Kier molecular flexibility index (Phi) is 6.40. The molecule has 0 spiro atoms. The summed E-state index contributed by atoms with van der Waals surface area (Å²) in [6.07, 6.45) is 0.943. The molecule has 1 heterocycles. The number of benzene rings is 1. The van der Waals surface area contributed by atoms with Crippen LogP contribution in [0.5, 0.6) is 0 Å². The van der Waals surface area contributed by atoms with E-state index in [0.29, 0.717) is 11.6 Å². The van der Waals surface area contributed by atoms with Crippen LogP contribution in [0.4, 0.5) is 0 Å². The maximum atomic E-state index is 12.5. The number of amides is 1. The lowest BCUT2D eigenvalue weighted by atomic mass is 10.0. The van der Waals surface area contributed by atoms with Gasteiger partial charge in [0.2, 0.25) is 5.91 Å². The number of carbonyl (C=O) groups is 1. The van der Waals surface area contributed by atoms with Crippen LogP contribution < -0.4 is 0 Å². The quantitative estimate of drug-likeness (QED) is 0.776. The zero-order valence-corrected chi connectivity index (χ0v) is 15.9. The molecule has 0 bridgehead atoms. The van der Waals surface area contributed by atoms with Gasteiger partial charge in [0.05, 0.1) is 12.6 Å². The highest BCUT2D eigenvalue weighted by Gasteiger charge is 2.35. The van der Waals surface area contributed by atoms with Gasteiger partial charge < -0.3 is 9.64 Å². The Labute approximate surface area is 148 Å². The van der Waals surface area contributed by atoms with E-state index >= 15 is 0 Å². The first-order valence-electron chi connectivity index (χ1n) is 8.10. The average Bonchev–Trinajstić information content (AvgIpc) is 2.49. The van der Waals surface area contributed by atoms with E-state index in [1.165, 1.54) is 0 Å². The number of ether oxygens (including phenoxy) is 1. The van der Waals surface area contributed by atoms with Crippen LogP contribution in [-0.4, -0.2) is 40.6 Å². The molecule has 2 rings (SSSR count). The normalized spacial score (nSPS) is 20.7. The molecule has 2 atom stereocenters. The zero-order chi connectivity index (χ0) is 17.0. The maximum absolute atomic E-state index is 12.5. The van der Waals surface area contributed by atoms with E-state index in [9.17, 15) is 4.79 Å². The monoisotopic (exact) mass is 355 g/mol. The summed E-state index contributed by atoms with van der Waals surface area (Å²) in [5.41, 5.74) is 1.08. The second-order valence-corrected chi connectivity index (χ2v) is 9.15. The molecule has 0 aliphatic carbocycles. The van der Waals surface area contributed by atoms with E-state index in [1.54, 1.807) is 0 Å². The molecule has 1 aromatic rings. The molecule has 1 saturated heterocycles. The van der Waals surface area contributed by atoms with Crippen LogP contribution in [0.25, 0.3) is 0 Å². The summed E-state index contributed by atoms with van der Waals surface area (Å²) < 4.78 is 5.71. The molecule has 0 N–H and O–H groups in total. The highest BCUT2D eigenvalue weighted by atomic mass is 35.5. The van der Waals surface area contributed by atoms with E-state index in [-0.39, 0.29) is 29.3 Å². The van der Waals surface area contributed by atoms with Gasteiger partial charge in [0.15, 0.2) is 0 Å². The maximum Gasteiger partial charge on any atom is 0.249 e. The van der Waals surface area contributed by atoms with Crippen LogP contribution in [-0.2, 0) is 9.53 Å². The fraction of sp³-hybridized carbons (Fsp3) is 0.611. The van der Waals surface area contributed by atoms with Gasteiger partial charge in [-0.1, -0.05) is 51.4 Å². The Morgan fingerprint density at radius 2 is 2.00 bits per heavy atom. The lowest BCUT2D eigenvalue weighted by Crippen LogP contribution is -2.50. The first-order chi connectivity index (χ1) is 10.8. The van der Waals surface area contributed by atoms with Crippen molar-refractivity contribution in [3.05, 3.63) is 34.9 Å². The first-order valence-corrected chi connectivity index (χ1v) is 9.46. The molecule has 1 amide bonds. The molecule has 1 aliphatic heterocycles. The van der Waals surface area contributed by atoms with Crippen molar-refractivity contribution in [1.82, 2.24) is 4.90 Å². The fourth-order valence-corrected chi connectivity index (χ4v) is 3.94. The molecule has 3 nitrogen and oxygen atoms in total. The fourth-order valence-electron chi connectivity index (χ4n) is 2.73. The van der Waals surface area contributed by atoms with Crippen molar-refractivity contribution in [2.24, 2.45) is 0 Å². The number of thioether (sulfide) groups is 1. The van der Waals surface area contributed by atoms with Gasteiger partial charge >= 0.3 is 0 Å². The molecule has 0 unspecified atom stereocenters. The second-order valence-electron chi connectivity index (χ2n) is 6.87. The summed E-state index contributed by atoms with van der Waals surface area (Å²) in [6, 6.07) is 7.92. The summed E-state index contributed by atoms with van der Waals surface area (Å²) in [5, 5.41) is 0.707. The van der Waals surface area contributed by atoms with Gasteiger partial charge in [-0.25, -0.2) is 0 Å². The van der Waals surface area contributed by atoms with Crippen molar-refractivity contribution in [2.75, 3.05) is 19.0 Å². The SMILES string of the molecule is CC[C@@H](CSC(C)(C)C)N1C(=O)COC[C@H]1c1ccc(Cl)cc1. The molecule has 5 heteroatoms. The predicted octanol–water partition coefficient (Wildman–Crippen LogP) is 4.55. The van der Waals surface area contributed by atoms with Gasteiger partial charge in [-0.3, -0.25) is 4.79 Å². The third kappa shape index (κ3) is 5.13. The number of nitrogens with zero attached hydrogens (tertiary/aromatic N) is 1. The van der Waals surface area contributed by atoms with E-state index in [2.05, 4.69) is 27.7 Å². The molecular formula is C18H26ClNO2S. The van der Waals surface area contributed by atoms with Crippen molar-refractivity contribution in [3.8, 4) is 0 Å². The Bertz CT molecular complexity index is 527. The van der Waals surface area contributed by atoms with Crippen molar-refractivity contribution in [2.45, 2.75) is 50.9 Å². The highest BCUT2D eigenvalue weighted by molar-refractivity contribution is 8.00. The zero-order valence-electron chi connectivity index (χ0n) is 14.3. The minimum atomic E-state index is -0.0287. The summed E-state index contributed by atoms with van der Waals surface area (Å²) in [7, 11) is 0. The minimum absolute atomic E-state index is 0.0287. The van der Waals surface area contributed by atoms with Crippen molar-refractivity contribution in [3.63, 3.8) is 0 Å². The Balaban J connectivity index is 2.21. The topological polar surface area (TPSA) is 29.5 Å². The van der Waals surface area contributed by atoms with Gasteiger partial charge in [0, 0.05) is 21.6 Å². The molecule has 1 aromatic carbocycles. The van der Waals surface area contributed by atoms with E-state index in [0.717, 1.165) is 17.7 Å². The summed E-state index contributed by atoms with van der Waals surface area (Å²) in [6.45, 7) is 9.51. The van der Waals surface area contributed by atoms with Crippen LogP contribution in [0.1, 0.15) is 45.7 Å². The molecule has 0 aromatic heterocycles. The van der Waals surface area contributed by atoms with Gasteiger partial charge in [-0.05, 0) is 24.1 Å². The average molecular weight is 356 g/mol. The van der Waals surface area contributed by atoms with Crippen LogP contribution >= 0.6 is 23.4 Å². The van der Waals surface area contributed by atoms with Gasteiger partial charge in [-0.2, -0.15) is 11.8 Å². The van der Waals surface area contributed by atoms with Gasteiger partial charge in [0.1, 0.15) is 6.61 Å². The number of halogens is 1. The summed E-state index contributed by atoms with van der Waals surface area (Å²) in [5.74, 6) is 1.02. The lowest BCUT2D eigenvalue weighted by molar-refractivity contribution is -0.151. The molecule has 1 aliphatic rings. The molecule has 1 fully saturated rings. The number of morpholine rings is 1. The van der Waals surface area contributed by atoms with Crippen LogP contribution in [0.2, 0.25) is 5.02 Å². The number of rotatable bonds is 5. The minimum Gasteiger partial charge on any atom is -0.369 e. The summed E-state index contributed by atoms with van der Waals surface area (Å²) >= 11 is 7.90. The number of hydrogen-bond acceptors (Lipinski definition) is 3. The van der Waals surface area contributed by atoms with Crippen LogP contribution in [0.15, 0.2) is 24.3 Å². The van der Waals surface area contributed by atoms with Crippen molar-refractivity contribution < 1.29 is 9.53 Å². The van der Waals surface area contributed by atoms with Gasteiger partial charge in [0.25, 0.3) is 0 Å². The van der Waals surface area contributed by atoms with Crippen molar-refractivity contribution in [1.29, 1.82) is 0 Å². The Hall–Kier alpha value is -0.710. The van der Waals surface area contributed by atoms with Gasteiger partial charge in [-0.15, -0.1) is 0 Å². The number of carbonyl (C=O) groups excluding carboxylic acids is 1. The summed E-state index contributed by atoms with van der Waals surface area (Å²) in [4.78, 5) is 14.6. The molecule has 0 saturated carbocycles. The predicted molar refractivity (Wildman–Crippen MR) is 98.1 cm³/mol. The Morgan fingerprint density at radius 3 is 2.57 bits per heavy atom. The Morgan fingerprint density at radius 1 is 1.35 bits per heavy atom. The van der Waals surface area contributed by atoms with E-state index < -0.39 is 0 Å². The third-order valence-corrected chi connectivity index (χ3v) is 5.62. The molecule has 128 valence electrons.